The maximum Gasteiger partial charge on any atom is 0.303 e. The molecule has 0 atom stereocenters. The summed E-state index contributed by atoms with van der Waals surface area (Å²) >= 11 is 0. The minimum Gasteiger partial charge on any atom is -0.481 e. The number of hydrogen-bond acceptors (Lipinski definition) is 4. The second-order valence-corrected chi connectivity index (χ2v) is 4.23. The van der Waals surface area contributed by atoms with Gasteiger partial charge < -0.3 is 15.7 Å². The lowest BCUT2D eigenvalue weighted by molar-refractivity contribution is -0.137. The van der Waals surface area contributed by atoms with Gasteiger partial charge in [0.1, 0.15) is 11.6 Å². The van der Waals surface area contributed by atoms with Gasteiger partial charge in [0.15, 0.2) is 0 Å². The fourth-order valence-electron chi connectivity index (χ4n) is 1.06. The highest BCUT2D eigenvalue weighted by Crippen LogP contribution is 1.94. The standard InChI is InChI=1S/C12H19N3O3/c1-9(2)7-15-12(18)10(6-13)8-14-5-3-4-11(16)17/h8-9,14H,3-5,7H2,1-2H3,(H,15,18)(H,16,17)/b10-8-. The number of carbonyl (C=O) groups excluding carboxylic acids is 1. The van der Waals surface area contributed by atoms with E-state index in [1.54, 1.807) is 6.07 Å². The zero-order chi connectivity index (χ0) is 14.0. The summed E-state index contributed by atoms with van der Waals surface area (Å²) in [6.07, 6.45) is 1.82. The average molecular weight is 253 g/mol. The first-order valence-electron chi connectivity index (χ1n) is 5.81. The van der Waals surface area contributed by atoms with Gasteiger partial charge in [0.05, 0.1) is 0 Å². The van der Waals surface area contributed by atoms with Gasteiger partial charge in [-0.25, -0.2) is 0 Å². The molecule has 0 aromatic carbocycles. The second-order valence-electron chi connectivity index (χ2n) is 4.23. The molecular weight excluding hydrogens is 234 g/mol. The first kappa shape index (κ1) is 16.0. The number of carboxylic acids is 1. The van der Waals surface area contributed by atoms with Gasteiger partial charge in [0, 0.05) is 25.7 Å². The van der Waals surface area contributed by atoms with Gasteiger partial charge in [-0.3, -0.25) is 9.59 Å². The summed E-state index contributed by atoms with van der Waals surface area (Å²) in [6, 6.07) is 1.80. The number of nitrogens with one attached hydrogen (secondary N) is 2. The molecule has 18 heavy (non-hydrogen) atoms. The average Bonchev–Trinajstić information content (AvgIpc) is 2.30. The molecule has 0 aliphatic rings. The lowest BCUT2D eigenvalue weighted by Gasteiger charge is -2.06. The summed E-state index contributed by atoms with van der Waals surface area (Å²) in [6.45, 7) is 4.84. The Morgan fingerprint density at radius 3 is 2.61 bits per heavy atom. The van der Waals surface area contributed by atoms with Gasteiger partial charge in [-0.2, -0.15) is 5.26 Å². The predicted octanol–water partition coefficient (Wildman–Crippen LogP) is 0.620. The van der Waals surface area contributed by atoms with Gasteiger partial charge in [-0.05, 0) is 12.3 Å². The third-order valence-electron chi connectivity index (χ3n) is 1.99. The molecule has 0 bridgehead atoms. The Bertz CT molecular complexity index is 356. The molecule has 0 heterocycles. The lowest BCUT2D eigenvalue weighted by Crippen LogP contribution is -2.29. The van der Waals surface area contributed by atoms with Gasteiger partial charge >= 0.3 is 5.97 Å². The lowest BCUT2D eigenvalue weighted by atomic mass is 10.2. The molecule has 3 N–H and O–H groups in total. The van der Waals surface area contributed by atoms with E-state index in [0.29, 0.717) is 25.4 Å². The van der Waals surface area contributed by atoms with Crippen LogP contribution < -0.4 is 10.6 Å². The molecule has 0 aromatic rings. The monoisotopic (exact) mass is 253 g/mol. The van der Waals surface area contributed by atoms with Crippen LogP contribution in [0.15, 0.2) is 11.8 Å². The van der Waals surface area contributed by atoms with Crippen molar-refractivity contribution in [3.8, 4) is 6.07 Å². The van der Waals surface area contributed by atoms with Crippen LogP contribution in [0.3, 0.4) is 0 Å². The minimum atomic E-state index is -0.865. The first-order chi connectivity index (χ1) is 8.47. The molecule has 0 fully saturated rings. The largest absolute Gasteiger partial charge is 0.481 e. The van der Waals surface area contributed by atoms with E-state index in [0.717, 1.165) is 0 Å². The van der Waals surface area contributed by atoms with Gasteiger partial charge in [-0.15, -0.1) is 0 Å². The highest BCUT2D eigenvalue weighted by Gasteiger charge is 2.08. The maximum atomic E-state index is 11.5. The molecule has 0 aliphatic carbocycles. The molecule has 0 radical (unpaired) electrons. The number of aliphatic carboxylic acids is 1. The molecule has 0 saturated carbocycles. The van der Waals surface area contributed by atoms with Crippen LogP contribution in [-0.2, 0) is 9.59 Å². The van der Waals surface area contributed by atoms with E-state index in [2.05, 4.69) is 10.6 Å². The molecule has 0 aromatic heterocycles. The fourth-order valence-corrected chi connectivity index (χ4v) is 1.06. The smallest absolute Gasteiger partial charge is 0.303 e. The SMILES string of the molecule is CC(C)CNC(=O)/C(C#N)=C\NCCCC(=O)O. The van der Waals surface area contributed by atoms with Crippen LogP contribution in [0.4, 0.5) is 0 Å². The Morgan fingerprint density at radius 2 is 2.11 bits per heavy atom. The number of carboxylic acid groups (broad SMARTS) is 1. The topological polar surface area (TPSA) is 102 Å². The summed E-state index contributed by atoms with van der Waals surface area (Å²) in [5, 5.41) is 22.6. The number of hydrogen-bond donors (Lipinski definition) is 3. The van der Waals surface area contributed by atoms with E-state index in [9.17, 15) is 9.59 Å². The van der Waals surface area contributed by atoms with E-state index in [1.165, 1.54) is 6.20 Å². The normalized spacial score (nSPS) is 10.9. The Labute approximate surface area is 107 Å². The van der Waals surface area contributed by atoms with Gasteiger partial charge in [0.2, 0.25) is 0 Å². The van der Waals surface area contributed by atoms with Crippen molar-refractivity contribution in [3.63, 3.8) is 0 Å². The Morgan fingerprint density at radius 1 is 1.44 bits per heavy atom. The van der Waals surface area contributed by atoms with Crippen LogP contribution in [0.1, 0.15) is 26.7 Å². The predicted molar refractivity (Wildman–Crippen MR) is 66.4 cm³/mol. The van der Waals surface area contributed by atoms with Crippen molar-refractivity contribution in [1.82, 2.24) is 10.6 Å². The molecule has 0 spiro atoms. The quantitative estimate of drug-likeness (QED) is 0.334. The van der Waals surface area contributed by atoms with E-state index in [-0.39, 0.29) is 12.0 Å². The van der Waals surface area contributed by atoms with Gasteiger partial charge in [-0.1, -0.05) is 13.8 Å². The second kappa shape index (κ2) is 9.05. The van der Waals surface area contributed by atoms with E-state index >= 15 is 0 Å². The molecule has 6 heteroatoms. The summed E-state index contributed by atoms with van der Waals surface area (Å²) in [4.78, 5) is 21.8. The molecular formula is C12H19N3O3. The number of amides is 1. The van der Waals surface area contributed by atoms with Crippen molar-refractivity contribution in [2.24, 2.45) is 5.92 Å². The van der Waals surface area contributed by atoms with Crippen molar-refractivity contribution in [3.05, 3.63) is 11.8 Å². The molecule has 100 valence electrons. The van der Waals surface area contributed by atoms with E-state index in [1.807, 2.05) is 13.8 Å². The zero-order valence-corrected chi connectivity index (χ0v) is 10.7. The number of nitrogens with zero attached hydrogens (tertiary/aromatic N) is 1. The van der Waals surface area contributed by atoms with Crippen LogP contribution >= 0.6 is 0 Å². The third-order valence-corrected chi connectivity index (χ3v) is 1.99. The third kappa shape index (κ3) is 8.16. The summed E-state index contributed by atoms with van der Waals surface area (Å²) in [5.41, 5.74) is -0.00836. The number of carbonyl (C=O) groups is 2. The number of rotatable bonds is 8. The fraction of sp³-hybridized carbons (Fsp3) is 0.583. The van der Waals surface area contributed by atoms with Crippen molar-refractivity contribution < 1.29 is 14.7 Å². The van der Waals surface area contributed by atoms with Gasteiger partial charge in [0.25, 0.3) is 5.91 Å². The molecule has 0 aliphatic heterocycles. The van der Waals surface area contributed by atoms with Crippen molar-refractivity contribution in [2.75, 3.05) is 13.1 Å². The van der Waals surface area contributed by atoms with Crippen LogP contribution in [0, 0.1) is 17.2 Å². The van der Waals surface area contributed by atoms with E-state index < -0.39 is 11.9 Å². The Hall–Kier alpha value is -2.03. The highest BCUT2D eigenvalue weighted by atomic mass is 16.4. The summed E-state index contributed by atoms with van der Waals surface area (Å²) < 4.78 is 0. The molecule has 1 amide bonds. The van der Waals surface area contributed by atoms with Crippen LogP contribution in [0.5, 0.6) is 0 Å². The Kier molecular flexibility index (Phi) is 8.03. The molecule has 0 saturated heterocycles. The maximum absolute atomic E-state index is 11.5. The minimum absolute atomic E-state index is 0.00836. The van der Waals surface area contributed by atoms with Crippen molar-refractivity contribution >= 4 is 11.9 Å². The molecule has 0 rings (SSSR count). The first-order valence-corrected chi connectivity index (χ1v) is 5.81. The molecule has 6 nitrogen and oxygen atoms in total. The number of nitriles is 1. The molecule has 0 unspecified atom stereocenters. The summed E-state index contributed by atoms with van der Waals surface area (Å²) in [5.74, 6) is -0.967. The summed E-state index contributed by atoms with van der Waals surface area (Å²) in [7, 11) is 0. The van der Waals surface area contributed by atoms with Crippen LogP contribution in [-0.4, -0.2) is 30.1 Å². The van der Waals surface area contributed by atoms with E-state index in [4.69, 9.17) is 10.4 Å². The highest BCUT2D eigenvalue weighted by molar-refractivity contribution is 5.97. The Balaban J connectivity index is 4.04. The van der Waals surface area contributed by atoms with Crippen LogP contribution in [0.25, 0.3) is 0 Å². The van der Waals surface area contributed by atoms with Crippen molar-refractivity contribution in [2.45, 2.75) is 26.7 Å². The van der Waals surface area contributed by atoms with Crippen molar-refractivity contribution in [1.29, 1.82) is 5.26 Å². The zero-order valence-electron chi connectivity index (χ0n) is 10.7. The van der Waals surface area contributed by atoms with Crippen LogP contribution in [0.2, 0.25) is 0 Å².